The summed E-state index contributed by atoms with van der Waals surface area (Å²) in [4.78, 5) is 9.41. The molecule has 3 rings (SSSR count). The van der Waals surface area contributed by atoms with Crippen LogP contribution < -0.4 is 15.1 Å². The lowest BCUT2D eigenvalue weighted by molar-refractivity contribution is -0.253. The number of hydrogen-bond acceptors (Lipinski definition) is 8. The molecule has 0 saturated carbocycles. The number of sulfonamides is 1. The minimum absolute atomic E-state index is 0.142. The van der Waals surface area contributed by atoms with Crippen molar-refractivity contribution in [3.05, 3.63) is 48.3 Å². The van der Waals surface area contributed by atoms with Gasteiger partial charge in [-0.15, -0.1) is 0 Å². The lowest BCUT2D eigenvalue weighted by Crippen LogP contribution is -2.51. The van der Waals surface area contributed by atoms with E-state index in [0.29, 0.717) is 24.6 Å². The number of alkyl halides is 4. The highest BCUT2D eigenvalue weighted by Crippen LogP contribution is 2.29. The Bertz CT molecular complexity index is 1050. The summed E-state index contributed by atoms with van der Waals surface area (Å²) in [6, 6.07) is 4.31. The monoisotopic (exact) mass is 525 g/mol. The molecule has 0 bridgehead atoms. The van der Waals surface area contributed by atoms with Crippen LogP contribution in [-0.4, -0.2) is 78.4 Å². The summed E-state index contributed by atoms with van der Waals surface area (Å²) in [5.41, 5.74) is 2.57. The summed E-state index contributed by atoms with van der Waals surface area (Å²) in [5, 5.41) is 9.38. The molecule has 0 spiro atoms. The maximum absolute atomic E-state index is 13.0. The molecule has 1 aliphatic rings. The Morgan fingerprint density at radius 2 is 1.69 bits per heavy atom. The molecule has 35 heavy (non-hydrogen) atoms. The van der Waals surface area contributed by atoms with Gasteiger partial charge in [0.25, 0.3) is 0 Å². The molecule has 0 radical (unpaired) electrons. The van der Waals surface area contributed by atoms with Gasteiger partial charge >= 0.3 is 12.5 Å². The first-order chi connectivity index (χ1) is 16.5. The summed E-state index contributed by atoms with van der Waals surface area (Å²) < 4.78 is 94.4. The SMILES string of the molecule is O=S(=O)(CC(CCc1ncc(F)cn1)NO)N1CCN(c2ccc(OC(F)(F)C(F)F)cc2)CC1. The van der Waals surface area contributed by atoms with E-state index in [4.69, 9.17) is 0 Å². The second kappa shape index (κ2) is 11.4. The van der Waals surface area contributed by atoms with E-state index in [1.165, 1.54) is 16.4 Å². The second-order valence-corrected chi connectivity index (χ2v) is 9.82. The van der Waals surface area contributed by atoms with Gasteiger partial charge in [0.1, 0.15) is 11.6 Å². The average Bonchev–Trinajstić information content (AvgIpc) is 2.83. The zero-order valence-corrected chi connectivity index (χ0v) is 19.1. The quantitative estimate of drug-likeness (QED) is 0.340. The van der Waals surface area contributed by atoms with E-state index >= 15 is 0 Å². The van der Waals surface area contributed by atoms with E-state index in [2.05, 4.69) is 14.7 Å². The maximum Gasteiger partial charge on any atom is 0.461 e. The number of aromatic nitrogens is 2. The van der Waals surface area contributed by atoms with Gasteiger partial charge < -0.3 is 14.8 Å². The predicted octanol–water partition coefficient (Wildman–Crippen LogP) is 2.28. The third-order valence-electron chi connectivity index (χ3n) is 5.33. The van der Waals surface area contributed by atoms with E-state index in [0.717, 1.165) is 24.5 Å². The number of aryl methyl sites for hydroxylation is 1. The topological polar surface area (TPSA) is 108 Å². The highest BCUT2D eigenvalue weighted by molar-refractivity contribution is 7.89. The number of nitrogens with one attached hydrogen (secondary N) is 1. The first-order valence-corrected chi connectivity index (χ1v) is 12.1. The lowest BCUT2D eigenvalue weighted by atomic mass is 10.2. The number of ether oxygens (including phenoxy) is 1. The molecule has 1 fully saturated rings. The zero-order chi connectivity index (χ0) is 25.6. The maximum atomic E-state index is 13.0. The van der Waals surface area contributed by atoms with Crippen molar-refractivity contribution in [3.8, 4) is 5.75 Å². The van der Waals surface area contributed by atoms with Crippen LogP contribution in [0.25, 0.3) is 0 Å². The van der Waals surface area contributed by atoms with Crippen molar-refractivity contribution >= 4 is 15.7 Å². The molecule has 1 aliphatic heterocycles. The zero-order valence-electron chi connectivity index (χ0n) is 18.3. The van der Waals surface area contributed by atoms with Crippen LogP contribution in [0.5, 0.6) is 5.75 Å². The number of nitrogens with zero attached hydrogens (tertiary/aromatic N) is 4. The molecule has 2 heterocycles. The van der Waals surface area contributed by atoms with E-state index in [-0.39, 0.29) is 31.7 Å². The normalized spacial score (nSPS) is 16.5. The molecule has 194 valence electrons. The van der Waals surface area contributed by atoms with E-state index in [1.54, 1.807) is 0 Å². The molecule has 2 N–H and O–H groups in total. The van der Waals surface area contributed by atoms with Crippen molar-refractivity contribution in [2.75, 3.05) is 36.8 Å². The minimum atomic E-state index is -4.60. The smallest absolute Gasteiger partial charge is 0.428 e. The fourth-order valence-corrected chi connectivity index (χ4v) is 5.15. The largest absolute Gasteiger partial charge is 0.461 e. The molecule has 1 saturated heterocycles. The van der Waals surface area contributed by atoms with Gasteiger partial charge in [-0.05, 0) is 30.7 Å². The first-order valence-electron chi connectivity index (χ1n) is 10.5. The molecule has 9 nitrogen and oxygen atoms in total. The average molecular weight is 526 g/mol. The lowest BCUT2D eigenvalue weighted by Gasteiger charge is -2.36. The highest BCUT2D eigenvalue weighted by Gasteiger charge is 2.44. The summed E-state index contributed by atoms with van der Waals surface area (Å²) >= 11 is 0. The molecular formula is C20H24F5N5O4S. The number of hydrogen-bond donors (Lipinski definition) is 2. The second-order valence-electron chi connectivity index (χ2n) is 7.81. The van der Waals surface area contributed by atoms with Crippen molar-refractivity contribution in [1.82, 2.24) is 19.8 Å². The first kappa shape index (κ1) is 27.0. The van der Waals surface area contributed by atoms with Gasteiger partial charge in [0.15, 0.2) is 5.82 Å². The molecule has 2 aromatic rings. The third-order valence-corrected chi connectivity index (χ3v) is 7.30. The van der Waals surface area contributed by atoms with Crippen LogP contribution in [0.1, 0.15) is 12.2 Å². The van der Waals surface area contributed by atoms with Gasteiger partial charge in [-0.3, -0.25) is 0 Å². The van der Waals surface area contributed by atoms with Gasteiger partial charge in [0, 0.05) is 44.3 Å². The Morgan fingerprint density at radius 1 is 1.09 bits per heavy atom. The van der Waals surface area contributed by atoms with Crippen LogP contribution in [0.2, 0.25) is 0 Å². The van der Waals surface area contributed by atoms with Crippen molar-refractivity contribution in [2.24, 2.45) is 0 Å². The molecular weight excluding hydrogens is 501 g/mol. The Morgan fingerprint density at radius 3 is 2.23 bits per heavy atom. The van der Waals surface area contributed by atoms with E-state index in [9.17, 15) is 35.6 Å². The van der Waals surface area contributed by atoms with Crippen LogP contribution >= 0.6 is 0 Å². The molecule has 1 atom stereocenters. The van der Waals surface area contributed by atoms with Gasteiger partial charge in [-0.1, -0.05) is 0 Å². The van der Waals surface area contributed by atoms with Crippen molar-refractivity contribution in [3.63, 3.8) is 0 Å². The van der Waals surface area contributed by atoms with Gasteiger partial charge in [-0.25, -0.2) is 28.3 Å². The van der Waals surface area contributed by atoms with Gasteiger partial charge in [0.05, 0.1) is 18.1 Å². The fraction of sp³-hybridized carbons (Fsp3) is 0.500. The van der Waals surface area contributed by atoms with Crippen LogP contribution in [0.15, 0.2) is 36.7 Å². The van der Waals surface area contributed by atoms with Gasteiger partial charge in [0.2, 0.25) is 10.0 Å². The highest BCUT2D eigenvalue weighted by atomic mass is 32.2. The summed E-state index contributed by atoms with van der Waals surface area (Å²) in [7, 11) is -3.74. The number of hydroxylamine groups is 1. The molecule has 1 aromatic carbocycles. The third kappa shape index (κ3) is 7.43. The van der Waals surface area contributed by atoms with Crippen molar-refractivity contribution in [2.45, 2.75) is 31.4 Å². The summed E-state index contributed by atoms with van der Waals surface area (Å²) in [6.07, 6.45) is -6.15. The number of piperazine rings is 1. The van der Waals surface area contributed by atoms with E-state index < -0.39 is 40.2 Å². The fourth-order valence-electron chi connectivity index (χ4n) is 3.47. The van der Waals surface area contributed by atoms with Crippen LogP contribution in [0.4, 0.5) is 27.6 Å². The molecule has 1 unspecified atom stereocenters. The molecule has 0 amide bonds. The molecule has 15 heteroatoms. The molecule has 0 aliphatic carbocycles. The Labute approximate surface area is 198 Å². The Kier molecular flexibility index (Phi) is 8.79. The Balaban J connectivity index is 1.51. The Hall–Kier alpha value is -2.62. The number of benzene rings is 1. The van der Waals surface area contributed by atoms with Crippen LogP contribution in [0.3, 0.4) is 0 Å². The van der Waals surface area contributed by atoms with Crippen LogP contribution in [0, 0.1) is 5.82 Å². The number of anilines is 1. The molecule has 1 aromatic heterocycles. The number of halogens is 5. The predicted molar refractivity (Wildman–Crippen MR) is 115 cm³/mol. The van der Waals surface area contributed by atoms with Crippen LogP contribution in [-0.2, 0) is 16.4 Å². The van der Waals surface area contributed by atoms with E-state index in [1.807, 2.05) is 10.4 Å². The standard InChI is InChI=1S/C20H24F5N5O4S/c21-14-11-26-18(27-12-14)6-1-15(28-31)13-35(32,33)30-9-7-29(8-10-30)16-2-4-17(5-3-16)34-20(24,25)19(22)23/h2-5,11-12,15,19,28,31H,1,6-10,13H2. The summed E-state index contributed by atoms with van der Waals surface area (Å²) in [5.74, 6) is -1.08. The minimum Gasteiger partial charge on any atom is -0.428 e. The summed E-state index contributed by atoms with van der Waals surface area (Å²) in [6.45, 7) is 0.882. The van der Waals surface area contributed by atoms with Gasteiger partial charge in [-0.2, -0.15) is 21.9 Å². The number of rotatable bonds is 11. The van der Waals surface area contributed by atoms with Crippen molar-refractivity contribution < 1.29 is 40.3 Å². The van der Waals surface area contributed by atoms with Crippen molar-refractivity contribution in [1.29, 1.82) is 0 Å².